The number of aromatic nitrogens is 2. The van der Waals surface area contributed by atoms with Gasteiger partial charge in [0.2, 0.25) is 0 Å². The van der Waals surface area contributed by atoms with Crippen molar-refractivity contribution in [2.45, 2.75) is 44.8 Å². The fourth-order valence-corrected chi connectivity index (χ4v) is 2.42. The quantitative estimate of drug-likeness (QED) is 0.798. The van der Waals surface area contributed by atoms with Gasteiger partial charge in [-0.1, -0.05) is 27.7 Å². The molecule has 0 bridgehead atoms. The number of nitrogens with zero attached hydrogens (tertiary/aromatic N) is 2. The molecular formula is C10H18N2S2. The van der Waals surface area contributed by atoms with Crippen LogP contribution in [0.5, 0.6) is 0 Å². The topological polar surface area (TPSA) is 25.8 Å². The molecule has 14 heavy (non-hydrogen) atoms. The molecule has 1 heterocycles. The van der Waals surface area contributed by atoms with Crippen LogP contribution in [-0.2, 0) is 11.8 Å². The van der Waals surface area contributed by atoms with Crippen LogP contribution in [0.15, 0.2) is 0 Å². The molecule has 0 N–H and O–H groups in total. The second-order valence-corrected chi connectivity index (χ2v) is 6.84. The Kier molecular flexibility index (Phi) is 3.95. The highest BCUT2D eigenvalue weighted by atomic mass is 32.2. The largest absolute Gasteiger partial charge is 0.162 e. The standard InChI is InChI=1S/C10H18N2S2/c1-7(13-5)6-8-11-12-9(14-8)10(2,3)4/h7H,6H2,1-5H3. The zero-order valence-electron chi connectivity index (χ0n) is 9.50. The molecular weight excluding hydrogens is 212 g/mol. The maximum absolute atomic E-state index is 4.23. The highest BCUT2D eigenvalue weighted by molar-refractivity contribution is 7.99. The fourth-order valence-electron chi connectivity index (χ4n) is 0.968. The summed E-state index contributed by atoms with van der Waals surface area (Å²) in [4.78, 5) is 0. The van der Waals surface area contributed by atoms with E-state index in [9.17, 15) is 0 Å². The molecule has 0 fully saturated rings. The van der Waals surface area contributed by atoms with Gasteiger partial charge in [0, 0.05) is 17.1 Å². The van der Waals surface area contributed by atoms with Crippen molar-refractivity contribution in [1.82, 2.24) is 10.2 Å². The normalized spacial score (nSPS) is 14.4. The van der Waals surface area contributed by atoms with Crippen LogP contribution in [0.2, 0.25) is 0 Å². The van der Waals surface area contributed by atoms with Crippen molar-refractivity contribution < 1.29 is 0 Å². The lowest BCUT2D eigenvalue weighted by Gasteiger charge is -2.12. The second-order valence-electron chi connectivity index (χ2n) is 4.50. The summed E-state index contributed by atoms with van der Waals surface area (Å²) in [6.07, 6.45) is 3.17. The lowest BCUT2D eigenvalue weighted by molar-refractivity contribution is 0.577. The van der Waals surface area contributed by atoms with E-state index in [2.05, 4.69) is 44.1 Å². The molecule has 0 spiro atoms. The number of rotatable bonds is 3. The average molecular weight is 230 g/mol. The van der Waals surface area contributed by atoms with Crippen molar-refractivity contribution in [2.75, 3.05) is 6.26 Å². The van der Waals surface area contributed by atoms with E-state index in [-0.39, 0.29) is 5.41 Å². The molecule has 1 unspecified atom stereocenters. The monoisotopic (exact) mass is 230 g/mol. The molecule has 0 aliphatic carbocycles. The van der Waals surface area contributed by atoms with E-state index in [1.54, 1.807) is 11.3 Å². The highest BCUT2D eigenvalue weighted by Crippen LogP contribution is 2.26. The maximum Gasteiger partial charge on any atom is 0.122 e. The average Bonchev–Trinajstić information content (AvgIpc) is 2.51. The smallest absolute Gasteiger partial charge is 0.122 e. The van der Waals surface area contributed by atoms with Crippen LogP contribution in [0, 0.1) is 0 Å². The van der Waals surface area contributed by atoms with E-state index in [0.29, 0.717) is 5.25 Å². The van der Waals surface area contributed by atoms with Crippen LogP contribution < -0.4 is 0 Å². The molecule has 1 rings (SSSR count). The third kappa shape index (κ3) is 3.24. The Morgan fingerprint density at radius 2 is 2.00 bits per heavy atom. The van der Waals surface area contributed by atoms with Gasteiger partial charge in [-0.25, -0.2) is 0 Å². The third-order valence-corrected chi connectivity index (χ3v) is 4.32. The first kappa shape index (κ1) is 12.0. The molecule has 1 atom stereocenters. The van der Waals surface area contributed by atoms with Gasteiger partial charge in [0.1, 0.15) is 10.0 Å². The Morgan fingerprint density at radius 1 is 1.36 bits per heavy atom. The summed E-state index contributed by atoms with van der Waals surface area (Å²) in [7, 11) is 0. The van der Waals surface area contributed by atoms with Crippen molar-refractivity contribution in [2.24, 2.45) is 0 Å². The van der Waals surface area contributed by atoms with Gasteiger partial charge in [-0.3, -0.25) is 0 Å². The van der Waals surface area contributed by atoms with Crippen LogP contribution in [0.3, 0.4) is 0 Å². The van der Waals surface area contributed by atoms with Crippen LogP contribution in [0.25, 0.3) is 0 Å². The summed E-state index contributed by atoms with van der Waals surface area (Å²) in [5.41, 5.74) is 0.137. The van der Waals surface area contributed by atoms with Crippen LogP contribution in [-0.4, -0.2) is 21.7 Å². The highest BCUT2D eigenvalue weighted by Gasteiger charge is 2.19. The van der Waals surface area contributed by atoms with Crippen molar-refractivity contribution in [3.63, 3.8) is 0 Å². The van der Waals surface area contributed by atoms with E-state index < -0.39 is 0 Å². The van der Waals surface area contributed by atoms with Gasteiger partial charge in [-0.15, -0.1) is 21.5 Å². The third-order valence-electron chi connectivity index (χ3n) is 1.97. The molecule has 0 saturated heterocycles. The van der Waals surface area contributed by atoms with Crippen molar-refractivity contribution in [1.29, 1.82) is 0 Å². The Hall–Kier alpha value is -0.0900. The lowest BCUT2D eigenvalue weighted by atomic mass is 9.98. The zero-order valence-corrected chi connectivity index (χ0v) is 11.1. The van der Waals surface area contributed by atoms with Gasteiger partial charge in [0.05, 0.1) is 0 Å². The molecule has 2 nitrogen and oxygen atoms in total. The first-order valence-corrected chi connectivity index (χ1v) is 6.89. The van der Waals surface area contributed by atoms with E-state index in [0.717, 1.165) is 16.4 Å². The minimum absolute atomic E-state index is 0.137. The molecule has 0 aromatic carbocycles. The molecule has 4 heteroatoms. The van der Waals surface area contributed by atoms with Crippen molar-refractivity contribution in [3.05, 3.63) is 10.0 Å². The predicted octanol–water partition coefficient (Wildman–Crippen LogP) is 3.13. The number of hydrogen-bond acceptors (Lipinski definition) is 4. The fraction of sp³-hybridized carbons (Fsp3) is 0.800. The Morgan fingerprint density at radius 3 is 2.43 bits per heavy atom. The number of hydrogen-bond donors (Lipinski definition) is 0. The van der Waals surface area contributed by atoms with E-state index in [1.165, 1.54) is 0 Å². The molecule has 0 amide bonds. The molecule has 0 saturated carbocycles. The summed E-state index contributed by atoms with van der Waals surface area (Å²) >= 11 is 3.62. The summed E-state index contributed by atoms with van der Waals surface area (Å²) in [5, 5.41) is 11.4. The molecule has 1 aromatic rings. The van der Waals surface area contributed by atoms with Gasteiger partial charge in [0.15, 0.2) is 0 Å². The van der Waals surface area contributed by atoms with Crippen molar-refractivity contribution >= 4 is 23.1 Å². The SMILES string of the molecule is CSC(C)Cc1nnc(C(C)(C)C)s1. The van der Waals surface area contributed by atoms with Gasteiger partial charge in [-0.2, -0.15) is 11.8 Å². The Labute approximate surface area is 94.5 Å². The van der Waals surface area contributed by atoms with Crippen LogP contribution in [0.4, 0.5) is 0 Å². The summed E-state index contributed by atoms with van der Waals surface area (Å²) in [6.45, 7) is 8.75. The van der Waals surface area contributed by atoms with Gasteiger partial charge in [0.25, 0.3) is 0 Å². The van der Waals surface area contributed by atoms with E-state index in [1.807, 2.05) is 11.8 Å². The molecule has 80 valence electrons. The van der Waals surface area contributed by atoms with Gasteiger partial charge < -0.3 is 0 Å². The number of thioether (sulfide) groups is 1. The van der Waals surface area contributed by atoms with E-state index in [4.69, 9.17) is 0 Å². The van der Waals surface area contributed by atoms with Crippen molar-refractivity contribution in [3.8, 4) is 0 Å². The van der Waals surface area contributed by atoms with Crippen LogP contribution in [0.1, 0.15) is 37.7 Å². The van der Waals surface area contributed by atoms with E-state index >= 15 is 0 Å². The first-order valence-electron chi connectivity index (χ1n) is 4.79. The minimum atomic E-state index is 0.137. The second kappa shape index (κ2) is 4.62. The van der Waals surface area contributed by atoms with Gasteiger partial charge >= 0.3 is 0 Å². The Balaban J connectivity index is 2.69. The molecule has 0 aliphatic heterocycles. The van der Waals surface area contributed by atoms with Gasteiger partial charge in [-0.05, 0) is 6.26 Å². The lowest BCUT2D eigenvalue weighted by Crippen LogP contribution is -2.10. The summed E-state index contributed by atoms with van der Waals surface area (Å²) in [5.74, 6) is 0. The zero-order chi connectivity index (χ0) is 10.8. The summed E-state index contributed by atoms with van der Waals surface area (Å²) in [6, 6.07) is 0. The Bertz CT molecular complexity index is 289. The van der Waals surface area contributed by atoms with Crippen LogP contribution >= 0.6 is 23.1 Å². The predicted molar refractivity (Wildman–Crippen MR) is 65.3 cm³/mol. The molecule has 1 aromatic heterocycles. The molecule has 0 aliphatic rings. The molecule has 0 radical (unpaired) electrons. The maximum atomic E-state index is 4.23. The minimum Gasteiger partial charge on any atom is -0.162 e. The summed E-state index contributed by atoms with van der Waals surface area (Å²) < 4.78 is 0. The first-order chi connectivity index (χ1) is 6.43.